The Hall–Kier alpha value is -0.770. The molecule has 2 fully saturated rings. The van der Waals surface area contributed by atoms with Gasteiger partial charge in [0.15, 0.2) is 0 Å². The third-order valence-corrected chi connectivity index (χ3v) is 4.81. The van der Waals surface area contributed by atoms with Crippen LogP contribution in [0.2, 0.25) is 0 Å². The first-order valence-electron chi connectivity index (χ1n) is 6.81. The van der Waals surface area contributed by atoms with Gasteiger partial charge in [-0.1, -0.05) is 18.5 Å². The van der Waals surface area contributed by atoms with Crippen molar-refractivity contribution in [2.24, 2.45) is 21.7 Å². The van der Waals surface area contributed by atoms with Crippen molar-refractivity contribution < 1.29 is 5.21 Å². The van der Waals surface area contributed by atoms with Crippen LogP contribution in [0.3, 0.4) is 0 Å². The Bertz CT molecular complexity index is 288. The van der Waals surface area contributed by atoms with Gasteiger partial charge in [0.05, 0.1) is 0 Å². The Morgan fingerprint density at radius 2 is 1.88 bits per heavy atom. The van der Waals surface area contributed by atoms with E-state index in [9.17, 15) is 0 Å². The number of amidine groups is 1. The predicted octanol–water partition coefficient (Wildman–Crippen LogP) is 2.07. The molecule has 2 aliphatic rings. The maximum absolute atomic E-state index is 8.61. The predicted molar refractivity (Wildman–Crippen MR) is 69.1 cm³/mol. The Morgan fingerprint density at radius 1 is 1.24 bits per heavy atom. The van der Waals surface area contributed by atoms with Crippen molar-refractivity contribution in [2.45, 2.75) is 51.9 Å². The number of rotatable bonds is 7. The molecule has 4 nitrogen and oxygen atoms in total. The fraction of sp³-hybridized carbons (Fsp3) is 0.923. The number of nitrogens with zero attached hydrogens (tertiary/aromatic N) is 1. The molecule has 0 aromatic carbocycles. The highest BCUT2D eigenvalue weighted by molar-refractivity contribution is 5.80. The lowest BCUT2D eigenvalue weighted by Crippen LogP contribution is -2.41. The smallest absolute Gasteiger partial charge is 0.139 e. The van der Waals surface area contributed by atoms with E-state index in [1.165, 1.54) is 38.5 Å². The summed E-state index contributed by atoms with van der Waals surface area (Å²) in [5.41, 5.74) is 6.46. The number of oxime groups is 1. The highest BCUT2D eigenvalue weighted by Crippen LogP contribution is 2.49. The van der Waals surface area contributed by atoms with E-state index in [4.69, 9.17) is 10.9 Å². The van der Waals surface area contributed by atoms with Crippen LogP contribution in [0.4, 0.5) is 0 Å². The molecule has 0 amide bonds. The second-order valence-electron chi connectivity index (χ2n) is 6.08. The first-order valence-corrected chi connectivity index (χ1v) is 6.81. The summed E-state index contributed by atoms with van der Waals surface area (Å²) >= 11 is 0. The van der Waals surface area contributed by atoms with Crippen molar-refractivity contribution in [1.82, 2.24) is 5.32 Å². The summed E-state index contributed by atoms with van der Waals surface area (Å²) < 4.78 is 0. The van der Waals surface area contributed by atoms with Gasteiger partial charge in [-0.3, -0.25) is 0 Å². The molecule has 0 aliphatic heterocycles. The fourth-order valence-corrected chi connectivity index (χ4v) is 2.94. The normalized spacial score (nSPS) is 25.4. The van der Waals surface area contributed by atoms with Gasteiger partial charge in [-0.05, 0) is 42.9 Å². The van der Waals surface area contributed by atoms with E-state index in [1.54, 1.807) is 0 Å². The lowest BCUT2D eigenvalue weighted by Gasteiger charge is -2.42. The van der Waals surface area contributed by atoms with Crippen LogP contribution < -0.4 is 11.1 Å². The summed E-state index contributed by atoms with van der Waals surface area (Å²) in [6, 6.07) is 0. The highest BCUT2D eigenvalue weighted by Gasteiger charge is 2.43. The zero-order valence-electron chi connectivity index (χ0n) is 10.8. The number of nitrogens with one attached hydrogen (secondary N) is 1. The monoisotopic (exact) mass is 239 g/mol. The SMILES string of the molecule is CCC1(CNCC2(CC(N)=NO)CC2)CCC1. The Morgan fingerprint density at radius 3 is 2.29 bits per heavy atom. The first-order chi connectivity index (χ1) is 8.14. The van der Waals surface area contributed by atoms with Gasteiger partial charge >= 0.3 is 0 Å². The molecule has 0 unspecified atom stereocenters. The molecule has 0 heterocycles. The van der Waals surface area contributed by atoms with Gasteiger partial charge in [0.2, 0.25) is 0 Å². The van der Waals surface area contributed by atoms with Gasteiger partial charge < -0.3 is 16.3 Å². The van der Waals surface area contributed by atoms with Gasteiger partial charge in [0.25, 0.3) is 0 Å². The summed E-state index contributed by atoms with van der Waals surface area (Å²) in [4.78, 5) is 0. The van der Waals surface area contributed by atoms with Crippen LogP contribution in [-0.2, 0) is 0 Å². The van der Waals surface area contributed by atoms with Crippen molar-refractivity contribution in [3.63, 3.8) is 0 Å². The molecule has 98 valence electrons. The molecule has 4 N–H and O–H groups in total. The average molecular weight is 239 g/mol. The van der Waals surface area contributed by atoms with Crippen LogP contribution in [0.15, 0.2) is 5.16 Å². The Balaban J connectivity index is 1.71. The van der Waals surface area contributed by atoms with E-state index in [1.807, 2.05) is 0 Å². The van der Waals surface area contributed by atoms with Gasteiger partial charge in [-0.15, -0.1) is 0 Å². The van der Waals surface area contributed by atoms with Crippen molar-refractivity contribution >= 4 is 5.84 Å². The van der Waals surface area contributed by atoms with Crippen LogP contribution in [0.25, 0.3) is 0 Å². The third kappa shape index (κ3) is 2.92. The van der Waals surface area contributed by atoms with Crippen LogP contribution in [-0.4, -0.2) is 24.1 Å². The first kappa shape index (κ1) is 12.7. The van der Waals surface area contributed by atoms with Crippen LogP contribution in [0.5, 0.6) is 0 Å². The molecule has 0 aromatic heterocycles. The molecule has 0 atom stereocenters. The van der Waals surface area contributed by atoms with Crippen molar-refractivity contribution in [3.8, 4) is 0 Å². The molecular formula is C13H25N3O. The molecule has 4 heteroatoms. The quantitative estimate of drug-likeness (QED) is 0.276. The van der Waals surface area contributed by atoms with Crippen LogP contribution >= 0.6 is 0 Å². The minimum atomic E-state index is 0.287. The van der Waals surface area contributed by atoms with Gasteiger partial charge in [-0.2, -0.15) is 0 Å². The van der Waals surface area contributed by atoms with E-state index in [0.29, 0.717) is 11.3 Å². The van der Waals surface area contributed by atoms with Crippen LogP contribution in [0.1, 0.15) is 51.9 Å². The van der Waals surface area contributed by atoms with E-state index in [0.717, 1.165) is 19.5 Å². The Kier molecular flexibility index (Phi) is 3.61. The fourth-order valence-electron chi connectivity index (χ4n) is 2.94. The lowest BCUT2D eigenvalue weighted by molar-refractivity contribution is 0.122. The zero-order valence-corrected chi connectivity index (χ0v) is 10.8. The molecule has 0 radical (unpaired) electrons. The molecule has 0 saturated heterocycles. The van der Waals surface area contributed by atoms with Crippen molar-refractivity contribution in [3.05, 3.63) is 0 Å². The van der Waals surface area contributed by atoms with Crippen LogP contribution in [0, 0.1) is 10.8 Å². The number of nitrogens with two attached hydrogens (primary N) is 1. The largest absolute Gasteiger partial charge is 0.409 e. The summed E-state index contributed by atoms with van der Waals surface area (Å²) in [5, 5.41) is 15.3. The van der Waals surface area contributed by atoms with Crippen molar-refractivity contribution in [1.29, 1.82) is 0 Å². The van der Waals surface area contributed by atoms with E-state index in [2.05, 4.69) is 17.4 Å². The molecule has 2 aliphatic carbocycles. The summed E-state index contributed by atoms with van der Waals surface area (Å²) in [6.07, 6.45) is 8.58. The van der Waals surface area contributed by atoms with Gasteiger partial charge in [0, 0.05) is 19.5 Å². The number of hydrogen-bond acceptors (Lipinski definition) is 3. The molecule has 0 bridgehead atoms. The number of hydrogen-bond donors (Lipinski definition) is 3. The maximum atomic E-state index is 8.61. The summed E-state index contributed by atoms with van der Waals surface area (Å²) in [7, 11) is 0. The maximum Gasteiger partial charge on any atom is 0.139 e. The Labute approximate surface area is 104 Å². The molecule has 2 rings (SSSR count). The molecule has 0 aromatic rings. The standard InChI is InChI=1S/C13H25N3O/c1-2-12(4-3-5-12)9-15-10-13(6-7-13)8-11(14)16-17/h15,17H,2-10H2,1H3,(H2,14,16). The molecule has 2 saturated carbocycles. The molecule has 17 heavy (non-hydrogen) atoms. The summed E-state index contributed by atoms with van der Waals surface area (Å²) in [5.74, 6) is 0.373. The van der Waals surface area contributed by atoms with E-state index >= 15 is 0 Å². The topological polar surface area (TPSA) is 70.6 Å². The highest BCUT2D eigenvalue weighted by atomic mass is 16.4. The van der Waals surface area contributed by atoms with E-state index < -0.39 is 0 Å². The molecular weight excluding hydrogens is 214 g/mol. The molecule has 0 spiro atoms. The summed E-state index contributed by atoms with van der Waals surface area (Å²) in [6.45, 7) is 4.45. The van der Waals surface area contributed by atoms with Gasteiger partial charge in [0.1, 0.15) is 5.84 Å². The minimum Gasteiger partial charge on any atom is -0.409 e. The van der Waals surface area contributed by atoms with Gasteiger partial charge in [-0.25, -0.2) is 0 Å². The zero-order chi connectivity index (χ0) is 12.4. The lowest BCUT2D eigenvalue weighted by atomic mass is 9.67. The van der Waals surface area contributed by atoms with Crippen molar-refractivity contribution in [2.75, 3.05) is 13.1 Å². The second kappa shape index (κ2) is 4.84. The average Bonchev–Trinajstić information content (AvgIpc) is 3.02. The third-order valence-electron chi connectivity index (χ3n) is 4.81. The minimum absolute atomic E-state index is 0.287. The van der Waals surface area contributed by atoms with E-state index in [-0.39, 0.29) is 5.41 Å². The second-order valence-corrected chi connectivity index (χ2v) is 6.08.